The molecule has 0 saturated carbocycles. The van der Waals surface area contributed by atoms with Crippen molar-refractivity contribution in [3.8, 4) is 0 Å². The molecule has 0 bridgehead atoms. The van der Waals surface area contributed by atoms with Crippen molar-refractivity contribution in [2.45, 2.75) is 29.3 Å². The SMILES string of the molecule is CSc1ncc(CC2CCN(c3ncc(Cl)cc3S(C)(=O)=O)CC2)cn1. The van der Waals surface area contributed by atoms with Crippen LogP contribution in [0, 0.1) is 5.92 Å². The Balaban J connectivity index is 1.67. The van der Waals surface area contributed by atoms with Gasteiger partial charge in [-0.3, -0.25) is 0 Å². The molecule has 1 fully saturated rings. The summed E-state index contributed by atoms with van der Waals surface area (Å²) in [4.78, 5) is 15.2. The van der Waals surface area contributed by atoms with E-state index in [0.29, 0.717) is 16.8 Å². The normalized spacial score (nSPS) is 16.0. The summed E-state index contributed by atoms with van der Waals surface area (Å²) in [5.41, 5.74) is 1.14. The molecule has 0 N–H and O–H groups in total. The van der Waals surface area contributed by atoms with E-state index in [1.165, 1.54) is 30.3 Å². The van der Waals surface area contributed by atoms with Gasteiger partial charge in [0.05, 0.1) is 5.02 Å². The van der Waals surface area contributed by atoms with E-state index in [4.69, 9.17) is 11.6 Å². The molecule has 2 aromatic rings. The van der Waals surface area contributed by atoms with Crippen molar-refractivity contribution in [3.63, 3.8) is 0 Å². The molecule has 0 radical (unpaired) electrons. The largest absolute Gasteiger partial charge is 0.356 e. The fourth-order valence-electron chi connectivity index (χ4n) is 3.16. The fraction of sp³-hybridized carbons (Fsp3) is 0.471. The fourth-order valence-corrected chi connectivity index (χ4v) is 4.55. The Bertz CT molecular complexity index is 867. The first-order valence-electron chi connectivity index (χ1n) is 8.32. The number of anilines is 1. The molecular formula is C17H21ClN4O2S2. The lowest BCUT2D eigenvalue weighted by Gasteiger charge is -2.33. The minimum absolute atomic E-state index is 0.199. The lowest BCUT2D eigenvalue weighted by atomic mass is 9.91. The number of piperidine rings is 1. The first-order chi connectivity index (χ1) is 12.4. The molecule has 0 aliphatic carbocycles. The van der Waals surface area contributed by atoms with Gasteiger partial charge >= 0.3 is 0 Å². The van der Waals surface area contributed by atoms with Crippen molar-refractivity contribution in [2.75, 3.05) is 30.5 Å². The molecule has 0 amide bonds. The van der Waals surface area contributed by atoms with Gasteiger partial charge in [0.15, 0.2) is 15.0 Å². The monoisotopic (exact) mass is 412 g/mol. The second-order valence-corrected chi connectivity index (χ2v) is 9.65. The summed E-state index contributed by atoms with van der Waals surface area (Å²) in [6.45, 7) is 1.54. The average molecular weight is 413 g/mol. The summed E-state index contributed by atoms with van der Waals surface area (Å²) >= 11 is 7.47. The standard InChI is InChI=1S/C17H21ClN4O2S2/c1-25-17-20-9-13(10-21-17)7-12-3-5-22(6-4-12)16-15(26(2,23)24)8-14(18)11-19-16/h8-12H,3-7H2,1-2H3. The maximum Gasteiger partial charge on any atom is 0.187 e. The first-order valence-corrected chi connectivity index (χ1v) is 11.8. The number of aromatic nitrogens is 3. The van der Waals surface area contributed by atoms with Gasteiger partial charge in [-0.05, 0) is 43.1 Å². The summed E-state index contributed by atoms with van der Waals surface area (Å²) in [5.74, 6) is 1.03. The Kier molecular flexibility index (Phi) is 6.04. The predicted octanol–water partition coefficient (Wildman–Crippen LogP) is 3.11. The van der Waals surface area contributed by atoms with Gasteiger partial charge in [-0.15, -0.1) is 0 Å². The van der Waals surface area contributed by atoms with Crippen molar-refractivity contribution in [1.82, 2.24) is 15.0 Å². The van der Waals surface area contributed by atoms with Gasteiger partial charge in [-0.2, -0.15) is 0 Å². The van der Waals surface area contributed by atoms with Crippen LogP contribution in [0.4, 0.5) is 5.82 Å². The molecule has 3 rings (SSSR count). The van der Waals surface area contributed by atoms with Crippen LogP contribution in [0.25, 0.3) is 0 Å². The van der Waals surface area contributed by atoms with Crippen molar-refractivity contribution < 1.29 is 8.42 Å². The highest BCUT2D eigenvalue weighted by Gasteiger charge is 2.25. The van der Waals surface area contributed by atoms with Gasteiger partial charge in [0, 0.05) is 37.9 Å². The summed E-state index contributed by atoms with van der Waals surface area (Å²) in [6, 6.07) is 1.48. The van der Waals surface area contributed by atoms with E-state index in [1.54, 1.807) is 0 Å². The molecular weight excluding hydrogens is 392 g/mol. The van der Waals surface area contributed by atoms with Gasteiger partial charge in [0.2, 0.25) is 0 Å². The summed E-state index contributed by atoms with van der Waals surface area (Å²) in [7, 11) is -3.38. The number of hydrogen-bond acceptors (Lipinski definition) is 7. The van der Waals surface area contributed by atoms with Crippen LogP contribution in [0.3, 0.4) is 0 Å². The lowest BCUT2D eigenvalue weighted by molar-refractivity contribution is 0.400. The quantitative estimate of drug-likeness (QED) is 0.551. The Morgan fingerprint density at radius 1 is 1.19 bits per heavy atom. The van der Waals surface area contributed by atoms with E-state index in [2.05, 4.69) is 15.0 Å². The number of thioether (sulfide) groups is 1. The molecule has 1 aliphatic heterocycles. The molecule has 0 aromatic carbocycles. The lowest BCUT2D eigenvalue weighted by Crippen LogP contribution is -2.35. The van der Waals surface area contributed by atoms with Crippen LogP contribution < -0.4 is 4.90 Å². The predicted molar refractivity (Wildman–Crippen MR) is 105 cm³/mol. The zero-order valence-corrected chi connectivity index (χ0v) is 17.1. The Morgan fingerprint density at radius 2 is 1.85 bits per heavy atom. The highest BCUT2D eigenvalue weighted by molar-refractivity contribution is 7.98. The molecule has 3 heterocycles. The zero-order chi connectivity index (χ0) is 18.7. The van der Waals surface area contributed by atoms with Crippen molar-refractivity contribution in [3.05, 3.63) is 35.2 Å². The summed E-state index contributed by atoms with van der Waals surface area (Å²) in [6.07, 6.45) is 11.3. The average Bonchev–Trinajstić information content (AvgIpc) is 2.62. The second kappa shape index (κ2) is 8.10. The molecule has 1 aliphatic rings. The molecule has 140 valence electrons. The summed E-state index contributed by atoms with van der Waals surface area (Å²) in [5, 5.41) is 1.11. The minimum Gasteiger partial charge on any atom is -0.356 e. The van der Waals surface area contributed by atoms with Crippen LogP contribution >= 0.6 is 23.4 Å². The number of nitrogens with zero attached hydrogens (tertiary/aromatic N) is 4. The van der Waals surface area contributed by atoms with Crippen LogP contribution in [0.2, 0.25) is 5.02 Å². The molecule has 1 saturated heterocycles. The third kappa shape index (κ3) is 4.66. The van der Waals surface area contributed by atoms with Gasteiger partial charge in [0.25, 0.3) is 0 Å². The number of sulfone groups is 1. The third-order valence-corrected chi connectivity index (χ3v) is 6.38. The Morgan fingerprint density at radius 3 is 2.42 bits per heavy atom. The van der Waals surface area contributed by atoms with E-state index < -0.39 is 9.84 Å². The molecule has 0 unspecified atom stereocenters. The molecule has 9 heteroatoms. The van der Waals surface area contributed by atoms with E-state index in [9.17, 15) is 8.42 Å². The van der Waals surface area contributed by atoms with Crippen LogP contribution in [-0.4, -0.2) is 49.0 Å². The molecule has 6 nitrogen and oxygen atoms in total. The highest BCUT2D eigenvalue weighted by Crippen LogP contribution is 2.30. The molecule has 0 atom stereocenters. The zero-order valence-electron chi connectivity index (χ0n) is 14.7. The Hall–Kier alpha value is -1.38. The van der Waals surface area contributed by atoms with Gasteiger partial charge in [-0.1, -0.05) is 23.4 Å². The minimum atomic E-state index is -3.38. The Labute approximate surface area is 163 Å². The van der Waals surface area contributed by atoms with Crippen molar-refractivity contribution >= 4 is 39.0 Å². The van der Waals surface area contributed by atoms with E-state index in [-0.39, 0.29) is 4.90 Å². The number of halogens is 1. The van der Waals surface area contributed by atoms with Gasteiger partial charge < -0.3 is 4.90 Å². The smallest absolute Gasteiger partial charge is 0.187 e. The van der Waals surface area contributed by atoms with Crippen molar-refractivity contribution in [2.24, 2.45) is 5.92 Å². The van der Waals surface area contributed by atoms with Crippen LogP contribution in [0.5, 0.6) is 0 Å². The number of rotatable bonds is 5. The van der Waals surface area contributed by atoms with Crippen LogP contribution in [-0.2, 0) is 16.3 Å². The first kappa shape index (κ1) is 19.4. The molecule has 26 heavy (non-hydrogen) atoms. The topological polar surface area (TPSA) is 76.1 Å². The van der Waals surface area contributed by atoms with E-state index >= 15 is 0 Å². The van der Waals surface area contributed by atoms with Crippen LogP contribution in [0.1, 0.15) is 18.4 Å². The van der Waals surface area contributed by atoms with Gasteiger partial charge in [-0.25, -0.2) is 23.4 Å². The second-order valence-electron chi connectivity index (χ2n) is 6.46. The maximum atomic E-state index is 12.1. The number of pyridine rings is 1. The molecule has 2 aromatic heterocycles. The number of hydrogen-bond donors (Lipinski definition) is 0. The third-order valence-electron chi connectivity index (χ3n) is 4.50. The highest BCUT2D eigenvalue weighted by atomic mass is 35.5. The van der Waals surface area contributed by atoms with E-state index in [1.807, 2.05) is 23.5 Å². The summed E-state index contributed by atoms with van der Waals surface area (Å²) < 4.78 is 24.1. The molecule has 0 spiro atoms. The van der Waals surface area contributed by atoms with E-state index in [0.717, 1.165) is 43.1 Å². The van der Waals surface area contributed by atoms with Crippen LogP contribution in [0.15, 0.2) is 34.7 Å². The maximum absolute atomic E-state index is 12.1. The van der Waals surface area contributed by atoms with Gasteiger partial charge in [0.1, 0.15) is 10.7 Å². The van der Waals surface area contributed by atoms with Crippen molar-refractivity contribution in [1.29, 1.82) is 0 Å².